The number of hydrogen-bond acceptors (Lipinski definition) is 16. The molecule has 0 unspecified atom stereocenters. The summed E-state index contributed by atoms with van der Waals surface area (Å²) in [6.07, 6.45) is 0.626. The van der Waals surface area contributed by atoms with E-state index in [-0.39, 0.29) is 59.6 Å². The Morgan fingerprint density at radius 1 is 0.878 bits per heavy atom. The molecule has 0 radical (unpaired) electrons. The summed E-state index contributed by atoms with van der Waals surface area (Å²) in [7, 11) is -9.11. The van der Waals surface area contributed by atoms with E-state index in [9.17, 15) is 36.7 Å². The molecule has 4 aromatic carbocycles. The Labute approximate surface area is 285 Å². The van der Waals surface area contributed by atoms with Crippen LogP contribution >= 0.6 is 12.0 Å². The Morgan fingerprint density at radius 3 is 2.24 bits per heavy atom. The number of nitrogen functional groups attached to an aromatic ring is 1. The second kappa shape index (κ2) is 16.5. The predicted octanol–water partition coefficient (Wildman–Crippen LogP) is 5.11. The molecule has 0 bridgehead atoms. The maximum atomic E-state index is 12.5. The van der Waals surface area contributed by atoms with Gasteiger partial charge in [0.1, 0.15) is 22.0 Å². The van der Waals surface area contributed by atoms with Gasteiger partial charge in [-0.05, 0) is 84.3 Å². The molecule has 4 aromatic rings. The van der Waals surface area contributed by atoms with Gasteiger partial charge in [0.15, 0.2) is 0 Å². The van der Waals surface area contributed by atoms with Crippen LogP contribution < -0.4 is 16.4 Å². The summed E-state index contributed by atoms with van der Waals surface area (Å²) in [5.74, 6) is -1.14. The van der Waals surface area contributed by atoms with E-state index in [4.69, 9.17) is 15.5 Å². The van der Waals surface area contributed by atoms with E-state index in [1.165, 1.54) is 24.3 Å². The lowest BCUT2D eigenvalue weighted by molar-refractivity contribution is -0.432. The van der Waals surface area contributed by atoms with Crippen molar-refractivity contribution in [2.45, 2.75) is 28.6 Å². The van der Waals surface area contributed by atoms with Crippen molar-refractivity contribution in [3.05, 3.63) is 66.2 Å². The number of phenolic OH excluding ortho intramolecular Hbond substituents is 1. The second-order valence-corrected chi connectivity index (χ2v) is 14.3. The van der Waals surface area contributed by atoms with Gasteiger partial charge in [-0.1, -0.05) is 11.1 Å². The number of rotatable bonds is 17. The maximum absolute atomic E-state index is 12.5. The molecule has 4 rings (SSSR count). The molecular weight excluding hydrogens is 707 g/mol. The van der Waals surface area contributed by atoms with Crippen LogP contribution in [0, 0.1) is 0 Å². The van der Waals surface area contributed by atoms with E-state index >= 15 is 0 Å². The zero-order valence-corrected chi connectivity index (χ0v) is 27.9. The standard InChI is InChI=1S/C29H33N5O12S3/c30-24-3-1-18-13-23(47-46-45-38)16-26(37)28(18)29(24)34-33-25-4-2-20(15-27(25)49(42,43)44)32-22-12-19(17(5-8-35)6-9-36)11-21(14-22)31-7-10-48(39,40)41/h1-4,11-17,31-32,35-38H,5-10,30H2,(H,39,40,41)(H,42,43,44). The number of fused-ring (bicyclic) bond motifs is 1. The zero-order valence-electron chi connectivity index (χ0n) is 25.4. The van der Waals surface area contributed by atoms with Crippen LogP contribution in [0.3, 0.4) is 0 Å². The van der Waals surface area contributed by atoms with Gasteiger partial charge in [0.25, 0.3) is 20.2 Å². The van der Waals surface area contributed by atoms with Crippen molar-refractivity contribution in [2.75, 3.05) is 41.9 Å². The van der Waals surface area contributed by atoms with Crippen LogP contribution in [-0.2, 0) is 29.6 Å². The highest BCUT2D eigenvalue weighted by atomic mass is 32.2. The van der Waals surface area contributed by atoms with Gasteiger partial charge < -0.3 is 31.7 Å². The zero-order chi connectivity index (χ0) is 35.8. The maximum Gasteiger partial charge on any atom is 0.296 e. The Balaban J connectivity index is 1.71. The normalized spacial score (nSPS) is 12.3. The van der Waals surface area contributed by atoms with Crippen LogP contribution in [-0.4, -0.2) is 72.0 Å². The van der Waals surface area contributed by atoms with Crippen molar-refractivity contribution in [1.82, 2.24) is 0 Å². The van der Waals surface area contributed by atoms with Crippen molar-refractivity contribution in [3.63, 3.8) is 0 Å². The van der Waals surface area contributed by atoms with E-state index < -0.39 is 30.9 Å². The van der Waals surface area contributed by atoms with Crippen molar-refractivity contribution < 1.29 is 55.9 Å². The summed E-state index contributed by atoms with van der Waals surface area (Å²) in [6, 6.07) is 14.7. The van der Waals surface area contributed by atoms with E-state index in [0.29, 0.717) is 52.1 Å². The monoisotopic (exact) mass is 739 g/mol. The number of nitrogens with zero attached hydrogens (tertiary/aromatic N) is 2. The molecule has 20 heteroatoms. The van der Waals surface area contributed by atoms with Gasteiger partial charge in [0.2, 0.25) is 0 Å². The highest BCUT2D eigenvalue weighted by molar-refractivity contribution is 7.94. The predicted molar refractivity (Wildman–Crippen MR) is 182 cm³/mol. The van der Waals surface area contributed by atoms with Crippen LogP contribution in [0.5, 0.6) is 5.75 Å². The first-order valence-electron chi connectivity index (χ1n) is 14.3. The summed E-state index contributed by atoms with van der Waals surface area (Å²) in [6.45, 7) is -0.466. The van der Waals surface area contributed by atoms with E-state index in [1.807, 2.05) is 0 Å². The molecule has 49 heavy (non-hydrogen) atoms. The molecule has 0 amide bonds. The largest absolute Gasteiger partial charge is 0.507 e. The van der Waals surface area contributed by atoms with Crippen molar-refractivity contribution in [3.8, 4) is 5.75 Å². The number of azo groups is 1. The van der Waals surface area contributed by atoms with Gasteiger partial charge in [-0.15, -0.1) is 14.6 Å². The average Bonchev–Trinajstić information content (AvgIpc) is 3.02. The third kappa shape index (κ3) is 10.4. The summed E-state index contributed by atoms with van der Waals surface area (Å²) in [5.41, 5.74) is 7.62. The number of anilines is 4. The number of aromatic hydroxyl groups is 1. The van der Waals surface area contributed by atoms with Crippen LogP contribution in [0.25, 0.3) is 10.8 Å². The SMILES string of the molecule is Nc1ccc2cc(SOOO)cc(O)c2c1N=Nc1ccc(Nc2cc(NCCS(=O)(=O)O)cc(C(CCO)CCO)c2)cc1S(=O)(=O)O. The molecular formula is C29H33N5O12S3. The highest BCUT2D eigenvalue weighted by Crippen LogP contribution is 2.42. The topological polar surface area (TPSA) is 283 Å². The molecule has 0 fully saturated rings. The summed E-state index contributed by atoms with van der Waals surface area (Å²) in [5, 5.41) is 56.5. The van der Waals surface area contributed by atoms with Crippen LogP contribution in [0.4, 0.5) is 34.1 Å². The van der Waals surface area contributed by atoms with Gasteiger partial charge in [0.05, 0.1) is 28.9 Å². The van der Waals surface area contributed by atoms with Crippen molar-refractivity contribution >= 4 is 77.2 Å². The number of phenols is 1. The lowest BCUT2D eigenvalue weighted by Gasteiger charge is -2.19. The second-order valence-electron chi connectivity index (χ2n) is 10.5. The number of nitrogens with two attached hydrogens (primary N) is 1. The summed E-state index contributed by atoms with van der Waals surface area (Å²) >= 11 is 0.615. The van der Waals surface area contributed by atoms with E-state index in [0.717, 1.165) is 6.07 Å². The molecule has 0 aliphatic heterocycles. The Kier molecular flexibility index (Phi) is 12.7. The molecule has 10 N–H and O–H groups in total. The first-order valence-corrected chi connectivity index (χ1v) is 18.1. The molecule has 0 heterocycles. The number of aliphatic hydroxyl groups excluding tert-OH is 2. The molecule has 0 spiro atoms. The molecule has 264 valence electrons. The van der Waals surface area contributed by atoms with Gasteiger partial charge in [-0.25, -0.2) is 5.26 Å². The molecule has 0 saturated heterocycles. The summed E-state index contributed by atoms with van der Waals surface area (Å²) < 4.78 is 70.9. The van der Waals surface area contributed by atoms with Gasteiger partial charge in [-0.3, -0.25) is 9.11 Å². The van der Waals surface area contributed by atoms with Gasteiger partial charge in [0, 0.05) is 41.7 Å². The number of hydrogen-bond donors (Lipinski definition) is 9. The fourth-order valence-corrected chi connectivity index (χ4v) is 6.40. The summed E-state index contributed by atoms with van der Waals surface area (Å²) in [4.78, 5) is -0.266. The van der Waals surface area contributed by atoms with Gasteiger partial charge in [-0.2, -0.15) is 16.8 Å². The number of nitrogens with one attached hydrogen (secondary N) is 2. The first-order chi connectivity index (χ1) is 23.2. The van der Waals surface area contributed by atoms with E-state index in [1.54, 1.807) is 30.3 Å². The van der Waals surface area contributed by atoms with Crippen molar-refractivity contribution in [1.29, 1.82) is 0 Å². The van der Waals surface area contributed by atoms with Crippen LogP contribution in [0.2, 0.25) is 0 Å². The number of aliphatic hydroxyl groups is 2. The Bertz CT molecular complexity index is 2040. The lowest BCUT2D eigenvalue weighted by atomic mass is 9.92. The highest BCUT2D eigenvalue weighted by Gasteiger charge is 2.19. The van der Waals surface area contributed by atoms with Gasteiger partial charge >= 0.3 is 0 Å². The van der Waals surface area contributed by atoms with Crippen LogP contribution in [0.1, 0.15) is 24.3 Å². The smallest absolute Gasteiger partial charge is 0.296 e. The van der Waals surface area contributed by atoms with Crippen molar-refractivity contribution in [2.24, 2.45) is 10.2 Å². The molecule has 0 aliphatic carbocycles. The Hall–Kier alpha value is -4.09. The fraction of sp³-hybridized carbons (Fsp3) is 0.241. The minimum atomic E-state index is -4.87. The molecule has 0 aromatic heterocycles. The minimum absolute atomic E-state index is 0.000482. The third-order valence-corrected chi connectivity index (χ3v) is 9.25. The first kappa shape index (κ1) is 37.7. The fourth-order valence-electron chi connectivity index (χ4n) is 4.95. The molecule has 0 atom stereocenters. The van der Waals surface area contributed by atoms with Crippen LogP contribution in [0.15, 0.2) is 80.7 Å². The minimum Gasteiger partial charge on any atom is -0.507 e. The Morgan fingerprint density at radius 2 is 1.59 bits per heavy atom. The molecule has 17 nitrogen and oxygen atoms in total. The molecule has 0 aliphatic rings. The molecule has 0 saturated carbocycles. The lowest BCUT2D eigenvalue weighted by Crippen LogP contribution is -2.15. The third-order valence-electron chi connectivity index (χ3n) is 7.09. The average molecular weight is 740 g/mol. The quantitative estimate of drug-likeness (QED) is 0.0170. The van der Waals surface area contributed by atoms with E-state index in [2.05, 4.69) is 30.2 Å². The number of benzene rings is 4.